The molecule has 2 unspecified atom stereocenters. The molecule has 3 aliphatic rings. The number of hydrogen-bond acceptors (Lipinski definition) is 6. The highest BCUT2D eigenvalue weighted by Crippen LogP contribution is 2.40. The van der Waals surface area contributed by atoms with E-state index >= 15 is 4.39 Å². The van der Waals surface area contributed by atoms with Gasteiger partial charge in [0.1, 0.15) is 5.82 Å². The molecule has 33 heavy (non-hydrogen) atoms. The number of pyridine rings is 1. The van der Waals surface area contributed by atoms with Crippen molar-refractivity contribution in [3.63, 3.8) is 0 Å². The monoisotopic (exact) mass is 452 g/mol. The smallest absolute Gasteiger partial charge is 0.167 e. The molecule has 178 valence electrons. The van der Waals surface area contributed by atoms with Crippen molar-refractivity contribution < 1.29 is 4.39 Å². The zero-order chi connectivity index (χ0) is 23.0. The van der Waals surface area contributed by atoms with Gasteiger partial charge >= 0.3 is 0 Å². The fourth-order valence-corrected chi connectivity index (χ4v) is 5.80. The number of likely N-dealkylation sites (tertiary alicyclic amines) is 1. The minimum atomic E-state index is -0.303. The zero-order valence-electron chi connectivity index (χ0n) is 19.9. The lowest BCUT2D eigenvalue weighted by molar-refractivity contribution is 0.255. The van der Waals surface area contributed by atoms with Crippen molar-refractivity contribution in [2.24, 2.45) is 5.73 Å². The molecule has 0 bridgehead atoms. The third kappa shape index (κ3) is 4.59. The van der Waals surface area contributed by atoms with E-state index in [-0.39, 0.29) is 23.9 Å². The van der Waals surface area contributed by atoms with E-state index in [0.29, 0.717) is 23.1 Å². The van der Waals surface area contributed by atoms with Gasteiger partial charge in [-0.1, -0.05) is 25.0 Å². The first-order chi connectivity index (χ1) is 16.0. The SMILES string of the molecule is CN1CCC(c2ccc(Nc3nc(N(C)C4CCCCC45CN5)c(F)cc3CN)cc2)CC1. The number of nitrogens with zero attached hydrogens (tertiary/aromatic N) is 3. The van der Waals surface area contributed by atoms with Crippen LogP contribution in [0.15, 0.2) is 30.3 Å². The number of halogens is 1. The van der Waals surface area contributed by atoms with Gasteiger partial charge in [-0.25, -0.2) is 9.37 Å². The number of anilines is 3. The summed E-state index contributed by atoms with van der Waals surface area (Å²) >= 11 is 0. The molecule has 1 spiro atoms. The highest BCUT2D eigenvalue weighted by Gasteiger charge is 2.52. The summed E-state index contributed by atoms with van der Waals surface area (Å²) in [4.78, 5) is 9.19. The molecule has 4 N–H and O–H groups in total. The van der Waals surface area contributed by atoms with Crippen LogP contribution in [0.1, 0.15) is 55.6 Å². The predicted octanol–water partition coefficient (Wildman–Crippen LogP) is 3.95. The van der Waals surface area contributed by atoms with Crippen molar-refractivity contribution in [2.75, 3.05) is 43.9 Å². The van der Waals surface area contributed by atoms with E-state index in [1.807, 2.05) is 11.9 Å². The summed E-state index contributed by atoms with van der Waals surface area (Å²) < 4.78 is 15.1. The maximum Gasteiger partial charge on any atom is 0.167 e. The van der Waals surface area contributed by atoms with Gasteiger partial charge in [-0.15, -0.1) is 0 Å². The fourth-order valence-electron chi connectivity index (χ4n) is 5.80. The lowest BCUT2D eigenvalue weighted by atomic mass is 9.83. The van der Waals surface area contributed by atoms with Gasteiger partial charge in [0.15, 0.2) is 11.6 Å². The van der Waals surface area contributed by atoms with Gasteiger partial charge in [0.05, 0.1) is 5.54 Å². The normalized spacial score (nSPS) is 25.9. The number of nitrogens with two attached hydrogens (primary N) is 1. The van der Waals surface area contributed by atoms with Gasteiger partial charge in [0.2, 0.25) is 0 Å². The van der Waals surface area contributed by atoms with Crippen molar-refractivity contribution >= 4 is 17.3 Å². The Labute approximate surface area is 196 Å². The Morgan fingerprint density at radius 2 is 1.94 bits per heavy atom. The molecule has 5 rings (SSSR count). The molecule has 1 aliphatic carbocycles. The molecule has 1 aromatic heterocycles. The van der Waals surface area contributed by atoms with Crippen molar-refractivity contribution in [2.45, 2.75) is 62.6 Å². The van der Waals surface area contributed by atoms with E-state index in [0.717, 1.165) is 38.2 Å². The summed E-state index contributed by atoms with van der Waals surface area (Å²) in [5.41, 5.74) is 9.11. The van der Waals surface area contributed by atoms with Crippen LogP contribution in [0.3, 0.4) is 0 Å². The molecular weight excluding hydrogens is 415 g/mol. The third-order valence-corrected chi connectivity index (χ3v) is 8.04. The standard InChI is InChI=1S/C26H37FN6/c1-32-13-10-19(11-14-32)18-6-8-21(9-7-18)30-24-20(16-28)15-22(27)25(31-24)33(2)23-5-3-4-12-26(23)17-29-26/h6-9,15,19,23,29H,3-5,10-14,16-17,28H2,1-2H3,(H,30,31). The van der Waals surface area contributed by atoms with Crippen LogP contribution in [-0.4, -0.2) is 55.2 Å². The van der Waals surface area contributed by atoms with Gasteiger partial charge in [0.25, 0.3) is 0 Å². The van der Waals surface area contributed by atoms with Gasteiger partial charge in [-0.3, -0.25) is 0 Å². The lowest BCUT2D eigenvalue weighted by Crippen LogP contribution is -2.48. The molecule has 1 aromatic carbocycles. The molecular formula is C26H37FN6. The van der Waals surface area contributed by atoms with Gasteiger partial charge < -0.3 is 26.2 Å². The quantitative estimate of drug-likeness (QED) is 0.576. The Bertz CT molecular complexity index is 965. The Balaban J connectivity index is 1.35. The number of piperidine rings is 1. The number of likely N-dealkylation sites (N-methyl/N-ethyl adjacent to an activating group) is 1. The van der Waals surface area contributed by atoms with Crippen molar-refractivity contribution in [3.8, 4) is 0 Å². The highest BCUT2D eigenvalue weighted by atomic mass is 19.1. The first kappa shape index (κ1) is 22.6. The molecule has 6 nitrogen and oxygen atoms in total. The average molecular weight is 453 g/mol. The van der Waals surface area contributed by atoms with Crippen molar-refractivity contribution in [1.29, 1.82) is 0 Å². The minimum absolute atomic E-state index is 0.130. The fraction of sp³-hybridized carbons (Fsp3) is 0.577. The number of rotatable bonds is 6. The summed E-state index contributed by atoms with van der Waals surface area (Å²) in [5.74, 6) is 1.36. The van der Waals surface area contributed by atoms with Gasteiger partial charge in [-0.05, 0) is 75.5 Å². The molecule has 3 heterocycles. The summed E-state index contributed by atoms with van der Waals surface area (Å²) in [5, 5.41) is 6.97. The Morgan fingerprint density at radius 3 is 2.61 bits per heavy atom. The van der Waals surface area contributed by atoms with Crippen LogP contribution in [-0.2, 0) is 6.54 Å². The van der Waals surface area contributed by atoms with Crippen LogP contribution in [0.25, 0.3) is 0 Å². The molecule has 2 aliphatic heterocycles. The van der Waals surface area contributed by atoms with Crippen LogP contribution in [0, 0.1) is 5.82 Å². The molecule has 2 atom stereocenters. The van der Waals surface area contributed by atoms with Crippen molar-refractivity contribution in [3.05, 3.63) is 47.3 Å². The van der Waals surface area contributed by atoms with E-state index in [1.165, 1.54) is 31.2 Å². The molecule has 7 heteroatoms. The largest absolute Gasteiger partial charge is 0.352 e. The number of benzene rings is 1. The topological polar surface area (TPSA) is 79.4 Å². The summed E-state index contributed by atoms with van der Waals surface area (Å²) in [6.45, 7) is 3.55. The van der Waals surface area contributed by atoms with E-state index in [1.54, 1.807) is 6.07 Å². The number of aromatic nitrogens is 1. The third-order valence-electron chi connectivity index (χ3n) is 8.04. The Morgan fingerprint density at radius 1 is 1.21 bits per heavy atom. The molecule has 2 saturated heterocycles. The molecule has 0 amide bonds. The number of hydrogen-bond donors (Lipinski definition) is 3. The average Bonchev–Trinajstić information content (AvgIpc) is 3.60. The predicted molar refractivity (Wildman–Crippen MR) is 133 cm³/mol. The highest BCUT2D eigenvalue weighted by molar-refractivity contribution is 5.63. The van der Waals surface area contributed by atoms with Crippen LogP contribution in [0.5, 0.6) is 0 Å². The summed E-state index contributed by atoms with van der Waals surface area (Å²) in [6, 6.07) is 10.4. The first-order valence-corrected chi connectivity index (χ1v) is 12.4. The molecule has 0 radical (unpaired) electrons. The summed E-state index contributed by atoms with van der Waals surface area (Å²) in [6.07, 6.45) is 7.03. The van der Waals surface area contributed by atoms with Crippen LogP contribution in [0.2, 0.25) is 0 Å². The first-order valence-electron chi connectivity index (χ1n) is 12.4. The Hall–Kier alpha value is -2.22. The Kier molecular flexibility index (Phi) is 6.29. The molecule has 1 saturated carbocycles. The van der Waals surface area contributed by atoms with E-state index in [9.17, 15) is 0 Å². The van der Waals surface area contributed by atoms with Crippen LogP contribution >= 0.6 is 0 Å². The van der Waals surface area contributed by atoms with E-state index < -0.39 is 0 Å². The maximum absolute atomic E-state index is 15.1. The molecule has 2 aromatic rings. The van der Waals surface area contributed by atoms with Crippen molar-refractivity contribution in [1.82, 2.24) is 15.2 Å². The second-order valence-corrected chi connectivity index (χ2v) is 10.2. The second-order valence-electron chi connectivity index (χ2n) is 10.2. The zero-order valence-corrected chi connectivity index (χ0v) is 19.9. The van der Waals surface area contributed by atoms with E-state index in [4.69, 9.17) is 10.7 Å². The van der Waals surface area contributed by atoms with Crippen LogP contribution < -0.4 is 21.3 Å². The van der Waals surface area contributed by atoms with Crippen LogP contribution in [0.4, 0.5) is 21.7 Å². The minimum Gasteiger partial charge on any atom is -0.352 e. The van der Waals surface area contributed by atoms with Gasteiger partial charge in [-0.2, -0.15) is 0 Å². The lowest BCUT2D eigenvalue weighted by Gasteiger charge is -2.38. The summed E-state index contributed by atoms with van der Waals surface area (Å²) in [7, 11) is 4.17. The number of nitrogens with one attached hydrogen (secondary N) is 2. The second kappa shape index (κ2) is 9.20. The maximum atomic E-state index is 15.1. The molecule has 3 fully saturated rings. The van der Waals surface area contributed by atoms with Gasteiger partial charge in [0, 0.05) is 37.4 Å². The van der Waals surface area contributed by atoms with E-state index in [2.05, 4.69) is 46.8 Å².